The van der Waals surface area contributed by atoms with Crippen molar-refractivity contribution in [3.05, 3.63) is 47.1 Å². The number of halogens is 1. The Kier molecular flexibility index (Phi) is 5.18. The van der Waals surface area contributed by atoms with Crippen LogP contribution in [0.3, 0.4) is 0 Å². The molecule has 1 N–H and O–H groups in total. The molecule has 134 valence electrons. The van der Waals surface area contributed by atoms with Crippen LogP contribution in [0.1, 0.15) is 23.2 Å². The molecule has 3 rings (SSSR count). The number of nitrogens with zero attached hydrogens (tertiary/aromatic N) is 2. The third-order valence-electron chi connectivity index (χ3n) is 3.94. The van der Waals surface area contributed by atoms with Gasteiger partial charge in [0, 0.05) is 31.6 Å². The second-order valence-electron chi connectivity index (χ2n) is 5.76. The lowest BCUT2D eigenvalue weighted by atomic mass is 10.0. The summed E-state index contributed by atoms with van der Waals surface area (Å²) in [6, 6.07) is 8.08. The predicted octanol–water partition coefficient (Wildman–Crippen LogP) is 2.69. The standard InChI is InChI=1S/C18H16ClN3O4/c1-22-13-8-11(2-5-15(13)26-10-18(22)25)14(23)4-7-17(24)21-16-6-3-12(19)9-20-16/h2-3,5-6,8-9H,4,7,10H2,1H3,(H,20,21,24). The number of fused-ring (bicyclic) bond motifs is 1. The summed E-state index contributed by atoms with van der Waals surface area (Å²) in [5.74, 6) is 0.227. The van der Waals surface area contributed by atoms with E-state index < -0.39 is 0 Å². The molecule has 1 aromatic carbocycles. The summed E-state index contributed by atoms with van der Waals surface area (Å²) in [7, 11) is 1.63. The Hall–Kier alpha value is -2.93. The summed E-state index contributed by atoms with van der Waals surface area (Å²) < 4.78 is 5.33. The van der Waals surface area contributed by atoms with Gasteiger partial charge in [-0.05, 0) is 30.3 Å². The molecular formula is C18H16ClN3O4. The molecule has 0 bridgehead atoms. The number of hydrogen-bond donors (Lipinski definition) is 1. The highest BCUT2D eigenvalue weighted by atomic mass is 35.5. The number of carbonyl (C=O) groups excluding carboxylic acids is 3. The van der Waals surface area contributed by atoms with E-state index in [4.69, 9.17) is 16.3 Å². The lowest BCUT2D eigenvalue weighted by molar-refractivity contribution is -0.121. The molecule has 7 nitrogen and oxygen atoms in total. The van der Waals surface area contributed by atoms with E-state index >= 15 is 0 Å². The first-order chi connectivity index (χ1) is 12.4. The Morgan fingerprint density at radius 3 is 2.81 bits per heavy atom. The zero-order valence-electron chi connectivity index (χ0n) is 14.0. The first-order valence-corrected chi connectivity index (χ1v) is 8.30. The van der Waals surface area contributed by atoms with Crippen LogP contribution in [0.15, 0.2) is 36.5 Å². The number of likely N-dealkylation sites (N-methyl/N-ethyl adjacent to an activating group) is 1. The number of hydrogen-bond acceptors (Lipinski definition) is 5. The van der Waals surface area contributed by atoms with E-state index in [2.05, 4.69) is 10.3 Å². The summed E-state index contributed by atoms with van der Waals surface area (Å²) in [4.78, 5) is 41.4. The molecule has 2 amide bonds. The molecule has 2 heterocycles. The van der Waals surface area contributed by atoms with Crippen molar-refractivity contribution in [3.63, 3.8) is 0 Å². The number of Topliss-reactive ketones (excluding diaryl/α,β-unsaturated/α-hetero) is 1. The van der Waals surface area contributed by atoms with E-state index in [0.29, 0.717) is 27.8 Å². The maximum Gasteiger partial charge on any atom is 0.264 e. The van der Waals surface area contributed by atoms with Crippen LogP contribution in [0.4, 0.5) is 11.5 Å². The number of aromatic nitrogens is 1. The van der Waals surface area contributed by atoms with Gasteiger partial charge in [0.15, 0.2) is 12.4 Å². The van der Waals surface area contributed by atoms with Gasteiger partial charge in [0.05, 0.1) is 10.7 Å². The smallest absolute Gasteiger partial charge is 0.264 e. The fraction of sp³-hybridized carbons (Fsp3) is 0.222. The second-order valence-corrected chi connectivity index (χ2v) is 6.19. The number of benzene rings is 1. The topological polar surface area (TPSA) is 88.6 Å². The van der Waals surface area contributed by atoms with E-state index in [9.17, 15) is 14.4 Å². The number of ketones is 1. The van der Waals surface area contributed by atoms with Crippen LogP contribution in [0.2, 0.25) is 5.02 Å². The van der Waals surface area contributed by atoms with Gasteiger partial charge in [0.1, 0.15) is 11.6 Å². The van der Waals surface area contributed by atoms with Crippen molar-refractivity contribution in [3.8, 4) is 5.75 Å². The summed E-state index contributed by atoms with van der Waals surface area (Å²) in [6.45, 7) is -0.0182. The van der Waals surface area contributed by atoms with Crippen molar-refractivity contribution < 1.29 is 19.1 Å². The molecule has 0 atom stereocenters. The van der Waals surface area contributed by atoms with E-state index in [-0.39, 0.29) is 37.0 Å². The van der Waals surface area contributed by atoms with Crippen LogP contribution < -0.4 is 15.0 Å². The summed E-state index contributed by atoms with van der Waals surface area (Å²) in [5.41, 5.74) is 0.966. The first-order valence-electron chi connectivity index (χ1n) is 7.92. The monoisotopic (exact) mass is 373 g/mol. The minimum absolute atomic E-state index is 0.0182. The molecule has 0 radical (unpaired) electrons. The van der Waals surface area contributed by atoms with Gasteiger partial charge in [0.2, 0.25) is 5.91 Å². The van der Waals surface area contributed by atoms with E-state index in [0.717, 1.165) is 0 Å². The average molecular weight is 374 g/mol. The van der Waals surface area contributed by atoms with Gasteiger partial charge >= 0.3 is 0 Å². The number of rotatable bonds is 5. The third kappa shape index (κ3) is 4.00. The minimum atomic E-state index is -0.318. The number of ether oxygens (including phenoxy) is 1. The molecule has 1 aliphatic rings. The molecule has 26 heavy (non-hydrogen) atoms. The molecule has 1 aliphatic heterocycles. The summed E-state index contributed by atoms with van der Waals surface area (Å²) >= 11 is 5.74. The van der Waals surface area contributed by atoms with Crippen molar-refractivity contribution >= 4 is 40.7 Å². The van der Waals surface area contributed by atoms with Gasteiger partial charge in [0.25, 0.3) is 5.91 Å². The fourth-order valence-corrected chi connectivity index (χ4v) is 2.58. The Bertz CT molecular complexity index is 867. The van der Waals surface area contributed by atoms with Crippen LogP contribution in [-0.2, 0) is 9.59 Å². The highest BCUT2D eigenvalue weighted by Crippen LogP contribution is 2.32. The van der Waals surface area contributed by atoms with Crippen LogP contribution in [0, 0.1) is 0 Å². The van der Waals surface area contributed by atoms with Crippen molar-refractivity contribution in [2.24, 2.45) is 0 Å². The molecule has 2 aromatic rings. The number of anilines is 2. The Morgan fingerprint density at radius 2 is 2.08 bits per heavy atom. The van der Waals surface area contributed by atoms with Crippen LogP contribution in [-0.4, -0.2) is 36.2 Å². The second kappa shape index (κ2) is 7.53. The van der Waals surface area contributed by atoms with Crippen molar-refractivity contribution in [2.45, 2.75) is 12.8 Å². The fourth-order valence-electron chi connectivity index (χ4n) is 2.47. The lowest BCUT2D eigenvalue weighted by Gasteiger charge is -2.26. The van der Waals surface area contributed by atoms with Gasteiger partial charge in [-0.1, -0.05) is 11.6 Å². The summed E-state index contributed by atoms with van der Waals surface area (Å²) in [6.07, 6.45) is 1.48. The quantitative estimate of drug-likeness (QED) is 0.814. The zero-order chi connectivity index (χ0) is 18.7. The van der Waals surface area contributed by atoms with Crippen LogP contribution in [0.25, 0.3) is 0 Å². The molecule has 8 heteroatoms. The van der Waals surface area contributed by atoms with Crippen LogP contribution >= 0.6 is 11.6 Å². The summed E-state index contributed by atoms with van der Waals surface area (Å²) in [5, 5.41) is 3.08. The Labute approximate surface area is 154 Å². The molecule has 0 saturated heterocycles. The van der Waals surface area contributed by atoms with E-state index in [1.807, 2.05) is 0 Å². The molecule has 0 unspecified atom stereocenters. The molecule has 0 aliphatic carbocycles. The minimum Gasteiger partial charge on any atom is -0.482 e. The van der Waals surface area contributed by atoms with Gasteiger partial charge in [-0.25, -0.2) is 4.98 Å². The van der Waals surface area contributed by atoms with E-state index in [1.165, 1.54) is 11.1 Å². The van der Waals surface area contributed by atoms with E-state index in [1.54, 1.807) is 37.4 Å². The highest BCUT2D eigenvalue weighted by Gasteiger charge is 2.23. The van der Waals surface area contributed by atoms with Gasteiger partial charge in [-0.15, -0.1) is 0 Å². The third-order valence-corrected chi connectivity index (χ3v) is 4.17. The normalized spacial score (nSPS) is 13.0. The Morgan fingerprint density at radius 1 is 1.27 bits per heavy atom. The number of amides is 2. The van der Waals surface area contributed by atoms with Gasteiger partial charge < -0.3 is 15.0 Å². The highest BCUT2D eigenvalue weighted by molar-refractivity contribution is 6.30. The SMILES string of the molecule is CN1C(=O)COc2ccc(C(=O)CCC(=O)Nc3ccc(Cl)cn3)cc21. The molecular weight excluding hydrogens is 358 g/mol. The molecule has 0 saturated carbocycles. The average Bonchev–Trinajstić information content (AvgIpc) is 2.64. The molecule has 0 spiro atoms. The number of pyridine rings is 1. The van der Waals surface area contributed by atoms with Crippen molar-refractivity contribution in [1.82, 2.24) is 4.98 Å². The first kappa shape index (κ1) is 17.9. The molecule has 1 aromatic heterocycles. The Balaban J connectivity index is 1.60. The van der Waals surface area contributed by atoms with Gasteiger partial charge in [-0.3, -0.25) is 14.4 Å². The zero-order valence-corrected chi connectivity index (χ0v) is 14.7. The number of carbonyl (C=O) groups is 3. The largest absolute Gasteiger partial charge is 0.482 e. The van der Waals surface area contributed by atoms with Crippen molar-refractivity contribution in [2.75, 3.05) is 23.9 Å². The van der Waals surface area contributed by atoms with Gasteiger partial charge in [-0.2, -0.15) is 0 Å². The van der Waals surface area contributed by atoms with Crippen LogP contribution in [0.5, 0.6) is 5.75 Å². The lowest BCUT2D eigenvalue weighted by Crippen LogP contribution is -2.35. The van der Waals surface area contributed by atoms with Crippen molar-refractivity contribution in [1.29, 1.82) is 0 Å². The predicted molar refractivity (Wildman–Crippen MR) is 96.8 cm³/mol. The maximum atomic E-state index is 12.4. The molecule has 0 fully saturated rings. The maximum absolute atomic E-state index is 12.4. The number of nitrogens with one attached hydrogen (secondary N) is 1.